The highest BCUT2D eigenvalue weighted by Crippen LogP contribution is 2.10. The number of nitrogens with one attached hydrogen (secondary N) is 2. The summed E-state index contributed by atoms with van der Waals surface area (Å²) in [6, 6.07) is 8.87. The molecule has 0 saturated carbocycles. The summed E-state index contributed by atoms with van der Waals surface area (Å²) in [5.41, 5.74) is 6.96. The van der Waals surface area contributed by atoms with Gasteiger partial charge in [0.1, 0.15) is 5.01 Å². The molecule has 2 amide bonds. The molecule has 1 atom stereocenters. The highest BCUT2D eigenvalue weighted by atomic mass is 32.1. The number of nitrogens with two attached hydrogens (primary N) is 1. The van der Waals surface area contributed by atoms with Gasteiger partial charge in [0.05, 0.1) is 18.8 Å². The van der Waals surface area contributed by atoms with Crippen molar-refractivity contribution in [2.75, 3.05) is 0 Å². The lowest BCUT2D eigenvalue weighted by Gasteiger charge is -2.05. The molecule has 1 unspecified atom stereocenters. The summed E-state index contributed by atoms with van der Waals surface area (Å²) in [6.45, 7) is 2.52. The number of amides is 2. The number of aromatic nitrogens is 1. The van der Waals surface area contributed by atoms with Crippen LogP contribution in [-0.4, -0.2) is 22.8 Å². The van der Waals surface area contributed by atoms with Crippen LogP contribution in [0.25, 0.3) is 0 Å². The Hall–Kier alpha value is -2.25. The fraction of sp³-hybridized carbons (Fsp3) is 0.312. The van der Waals surface area contributed by atoms with Crippen LogP contribution in [0.1, 0.15) is 34.4 Å². The van der Waals surface area contributed by atoms with Gasteiger partial charge in [-0.3, -0.25) is 9.59 Å². The first kappa shape index (κ1) is 17.1. The number of nitrogens with zero attached hydrogens (tertiary/aromatic N) is 1. The summed E-state index contributed by atoms with van der Waals surface area (Å²) in [5, 5.41) is 8.27. The van der Waals surface area contributed by atoms with Gasteiger partial charge in [-0.15, -0.1) is 11.3 Å². The molecule has 0 spiro atoms. The Kier molecular flexibility index (Phi) is 6.25. The van der Waals surface area contributed by atoms with E-state index in [0.717, 1.165) is 10.7 Å². The molecule has 23 heavy (non-hydrogen) atoms. The minimum absolute atomic E-state index is 0.0908. The van der Waals surface area contributed by atoms with Gasteiger partial charge in [-0.05, 0) is 19.1 Å². The number of thiazole rings is 1. The van der Waals surface area contributed by atoms with Gasteiger partial charge >= 0.3 is 0 Å². The van der Waals surface area contributed by atoms with E-state index in [1.54, 1.807) is 19.1 Å². The van der Waals surface area contributed by atoms with Crippen molar-refractivity contribution in [1.82, 2.24) is 15.6 Å². The maximum absolute atomic E-state index is 11.9. The molecule has 1 aromatic carbocycles. The minimum atomic E-state index is -0.158. The molecule has 2 aromatic rings. The molecule has 1 heterocycles. The average molecular weight is 332 g/mol. The molecule has 122 valence electrons. The Balaban J connectivity index is 1.78. The van der Waals surface area contributed by atoms with E-state index in [1.807, 2.05) is 23.6 Å². The van der Waals surface area contributed by atoms with Gasteiger partial charge in [0.25, 0.3) is 5.91 Å². The molecule has 0 radical (unpaired) electrons. The lowest BCUT2D eigenvalue weighted by molar-refractivity contribution is -0.121. The van der Waals surface area contributed by atoms with E-state index in [-0.39, 0.29) is 17.9 Å². The first-order chi connectivity index (χ1) is 11.0. The molecule has 0 aliphatic rings. The Bertz CT molecular complexity index is 655. The number of benzene rings is 1. The largest absolute Gasteiger partial charge is 0.350 e. The average Bonchev–Trinajstić information content (AvgIpc) is 2.99. The van der Waals surface area contributed by atoms with Crippen LogP contribution in [0.15, 0.2) is 35.7 Å². The molecule has 2 rings (SSSR count). The van der Waals surface area contributed by atoms with Crippen molar-refractivity contribution >= 4 is 23.2 Å². The Morgan fingerprint density at radius 2 is 1.96 bits per heavy atom. The molecule has 7 heteroatoms. The normalized spacial score (nSPS) is 11.7. The lowest BCUT2D eigenvalue weighted by atomic mass is 10.2. The third-order valence-electron chi connectivity index (χ3n) is 3.01. The highest BCUT2D eigenvalue weighted by Gasteiger charge is 2.08. The standard InChI is InChI=1S/C16H20N4O2S/c1-11(17)7-14(21)18-8-13-10-23-15(20-13)9-19-16(22)12-5-3-2-4-6-12/h2-6,10-11H,7-9,17H2,1H3,(H,18,21)(H,19,22). The van der Waals surface area contributed by atoms with E-state index < -0.39 is 0 Å². The fourth-order valence-electron chi connectivity index (χ4n) is 1.91. The zero-order chi connectivity index (χ0) is 16.7. The van der Waals surface area contributed by atoms with Crippen LogP contribution in [0.5, 0.6) is 0 Å². The zero-order valence-electron chi connectivity index (χ0n) is 12.9. The third-order valence-corrected chi connectivity index (χ3v) is 3.91. The molecule has 0 fully saturated rings. The minimum Gasteiger partial charge on any atom is -0.350 e. The van der Waals surface area contributed by atoms with Crippen molar-refractivity contribution in [3.63, 3.8) is 0 Å². The number of rotatable bonds is 7. The molecule has 0 aliphatic carbocycles. The van der Waals surface area contributed by atoms with Crippen LogP contribution >= 0.6 is 11.3 Å². The van der Waals surface area contributed by atoms with E-state index in [2.05, 4.69) is 15.6 Å². The van der Waals surface area contributed by atoms with Crippen molar-refractivity contribution in [3.05, 3.63) is 52.0 Å². The van der Waals surface area contributed by atoms with Crippen LogP contribution in [0, 0.1) is 0 Å². The topological polar surface area (TPSA) is 97.1 Å². The summed E-state index contributed by atoms with van der Waals surface area (Å²) in [7, 11) is 0. The van der Waals surface area contributed by atoms with E-state index in [1.165, 1.54) is 11.3 Å². The van der Waals surface area contributed by atoms with Crippen LogP contribution < -0.4 is 16.4 Å². The highest BCUT2D eigenvalue weighted by molar-refractivity contribution is 7.09. The van der Waals surface area contributed by atoms with E-state index in [0.29, 0.717) is 25.1 Å². The lowest BCUT2D eigenvalue weighted by Crippen LogP contribution is -2.29. The molecule has 4 N–H and O–H groups in total. The second kappa shape index (κ2) is 8.40. The van der Waals surface area contributed by atoms with Gasteiger partial charge in [-0.1, -0.05) is 18.2 Å². The van der Waals surface area contributed by atoms with Crippen molar-refractivity contribution in [1.29, 1.82) is 0 Å². The predicted octanol–water partition coefficient (Wildman–Crippen LogP) is 1.43. The smallest absolute Gasteiger partial charge is 0.251 e. The second-order valence-electron chi connectivity index (χ2n) is 5.24. The summed E-state index contributed by atoms with van der Waals surface area (Å²) in [5.74, 6) is -0.223. The van der Waals surface area contributed by atoms with E-state index in [9.17, 15) is 9.59 Å². The van der Waals surface area contributed by atoms with Crippen molar-refractivity contribution in [2.45, 2.75) is 32.5 Å². The summed E-state index contributed by atoms with van der Waals surface area (Å²) in [4.78, 5) is 27.9. The van der Waals surface area contributed by atoms with Crippen molar-refractivity contribution < 1.29 is 9.59 Å². The molecular formula is C16H20N4O2S. The first-order valence-corrected chi connectivity index (χ1v) is 8.21. The summed E-state index contributed by atoms with van der Waals surface area (Å²) >= 11 is 1.45. The maximum Gasteiger partial charge on any atom is 0.251 e. The van der Waals surface area contributed by atoms with Gasteiger partial charge in [0.15, 0.2) is 0 Å². The molecule has 0 aliphatic heterocycles. The van der Waals surface area contributed by atoms with Crippen molar-refractivity contribution in [2.24, 2.45) is 5.73 Å². The number of hydrogen-bond donors (Lipinski definition) is 3. The predicted molar refractivity (Wildman–Crippen MR) is 89.8 cm³/mol. The Morgan fingerprint density at radius 3 is 2.65 bits per heavy atom. The van der Waals surface area contributed by atoms with Gasteiger partial charge in [-0.2, -0.15) is 0 Å². The van der Waals surface area contributed by atoms with E-state index >= 15 is 0 Å². The van der Waals surface area contributed by atoms with Gasteiger partial charge in [0, 0.05) is 23.4 Å². The van der Waals surface area contributed by atoms with Crippen LogP contribution in [-0.2, 0) is 17.9 Å². The fourth-order valence-corrected chi connectivity index (χ4v) is 2.65. The first-order valence-electron chi connectivity index (χ1n) is 7.33. The molecule has 1 aromatic heterocycles. The van der Waals surface area contributed by atoms with Crippen molar-refractivity contribution in [3.8, 4) is 0 Å². The summed E-state index contributed by atoms with van der Waals surface area (Å²) in [6.07, 6.45) is 0.296. The third kappa shape index (κ3) is 5.80. The van der Waals surface area contributed by atoms with Crippen LogP contribution in [0.4, 0.5) is 0 Å². The van der Waals surface area contributed by atoms with Gasteiger partial charge in [-0.25, -0.2) is 4.98 Å². The molecule has 0 saturated heterocycles. The Labute approximate surface area is 139 Å². The molecule has 6 nitrogen and oxygen atoms in total. The molecular weight excluding hydrogens is 312 g/mol. The van der Waals surface area contributed by atoms with Gasteiger partial charge < -0.3 is 16.4 Å². The van der Waals surface area contributed by atoms with Crippen LogP contribution in [0.2, 0.25) is 0 Å². The number of carbonyl (C=O) groups is 2. The maximum atomic E-state index is 11.9. The zero-order valence-corrected chi connectivity index (χ0v) is 13.7. The monoisotopic (exact) mass is 332 g/mol. The molecule has 0 bridgehead atoms. The SMILES string of the molecule is CC(N)CC(=O)NCc1csc(CNC(=O)c2ccccc2)n1. The number of carbonyl (C=O) groups excluding carboxylic acids is 2. The Morgan fingerprint density at radius 1 is 1.22 bits per heavy atom. The van der Waals surface area contributed by atoms with Gasteiger partial charge in [0.2, 0.25) is 5.91 Å². The number of hydrogen-bond acceptors (Lipinski definition) is 5. The second-order valence-corrected chi connectivity index (χ2v) is 6.18. The van der Waals surface area contributed by atoms with Crippen LogP contribution in [0.3, 0.4) is 0 Å². The summed E-state index contributed by atoms with van der Waals surface area (Å²) < 4.78 is 0. The van der Waals surface area contributed by atoms with E-state index in [4.69, 9.17) is 5.73 Å². The quantitative estimate of drug-likeness (QED) is 0.714.